The van der Waals surface area contributed by atoms with Gasteiger partial charge in [-0.1, -0.05) is 13.8 Å². The predicted octanol–water partition coefficient (Wildman–Crippen LogP) is 2.03. The van der Waals surface area contributed by atoms with Crippen LogP contribution in [0.4, 0.5) is 0 Å². The zero-order valence-corrected chi connectivity index (χ0v) is 12.0. The molecular weight excluding hydrogens is 260 g/mol. The van der Waals surface area contributed by atoms with Gasteiger partial charge in [-0.05, 0) is 12.0 Å². The fraction of sp³-hybridized carbons (Fsp3) is 0.462. The summed E-state index contributed by atoms with van der Waals surface area (Å²) in [4.78, 5) is 16.0. The van der Waals surface area contributed by atoms with Crippen LogP contribution in [0.25, 0.3) is 5.13 Å². The van der Waals surface area contributed by atoms with Crippen molar-refractivity contribution in [1.29, 1.82) is 0 Å². The number of hydrogen-bond acceptors (Lipinski definition) is 4. The Morgan fingerprint density at radius 3 is 3.05 bits per heavy atom. The highest BCUT2D eigenvalue weighted by Crippen LogP contribution is 2.13. The minimum absolute atomic E-state index is 0.109. The van der Waals surface area contributed by atoms with Gasteiger partial charge in [-0.2, -0.15) is 5.10 Å². The Labute approximate surface area is 116 Å². The summed E-state index contributed by atoms with van der Waals surface area (Å²) in [6.45, 7) is 4.71. The molecule has 102 valence electrons. The number of carbonyl (C=O) groups is 1. The Balaban J connectivity index is 1.79. The molecule has 0 aliphatic carbocycles. The lowest BCUT2D eigenvalue weighted by Crippen LogP contribution is -2.26. The monoisotopic (exact) mass is 278 g/mol. The van der Waals surface area contributed by atoms with Gasteiger partial charge < -0.3 is 5.32 Å². The molecule has 2 heterocycles. The first-order valence-electron chi connectivity index (χ1n) is 6.36. The average molecular weight is 278 g/mol. The molecule has 2 aromatic heterocycles. The van der Waals surface area contributed by atoms with Crippen LogP contribution in [0.3, 0.4) is 0 Å². The van der Waals surface area contributed by atoms with E-state index in [1.165, 1.54) is 0 Å². The van der Waals surface area contributed by atoms with Gasteiger partial charge in [0.25, 0.3) is 0 Å². The van der Waals surface area contributed by atoms with Crippen molar-refractivity contribution in [2.75, 3.05) is 6.54 Å². The minimum Gasteiger partial charge on any atom is -0.356 e. The highest BCUT2D eigenvalue weighted by Gasteiger charge is 2.06. The van der Waals surface area contributed by atoms with E-state index in [2.05, 4.69) is 15.4 Å². The maximum atomic E-state index is 11.5. The van der Waals surface area contributed by atoms with E-state index in [0.29, 0.717) is 18.9 Å². The summed E-state index contributed by atoms with van der Waals surface area (Å²) < 4.78 is 1.74. The van der Waals surface area contributed by atoms with Crippen LogP contribution in [0.15, 0.2) is 23.8 Å². The lowest BCUT2D eigenvalue weighted by molar-refractivity contribution is -0.121. The molecule has 0 unspecified atom stereocenters. The van der Waals surface area contributed by atoms with Crippen LogP contribution in [0.2, 0.25) is 0 Å². The number of nitrogens with one attached hydrogen (secondary N) is 1. The first-order valence-corrected chi connectivity index (χ1v) is 7.24. The second kappa shape index (κ2) is 6.47. The molecule has 2 aromatic rings. The van der Waals surface area contributed by atoms with E-state index in [1.807, 2.05) is 31.5 Å². The van der Waals surface area contributed by atoms with Crippen molar-refractivity contribution in [2.45, 2.75) is 26.7 Å². The SMILES string of the molecule is CC(C)CC(=O)NCCc1csc(-n2cccn2)n1. The van der Waals surface area contributed by atoms with Crippen molar-refractivity contribution < 1.29 is 4.79 Å². The Bertz CT molecular complexity index is 518. The number of hydrogen-bond donors (Lipinski definition) is 1. The van der Waals surface area contributed by atoms with Gasteiger partial charge in [0, 0.05) is 37.2 Å². The van der Waals surface area contributed by atoms with Crippen molar-refractivity contribution in [1.82, 2.24) is 20.1 Å². The smallest absolute Gasteiger partial charge is 0.220 e. The summed E-state index contributed by atoms with van der Waals surface area (Å²) in [6.07, 6.45) is 4.93. The van der Waals surface area contributed by atoms with E-state index >= 15 is 0 Å². The van der Waals surface area contributed by atoms with E-state index in [0.717, 1.165) is 17.2 Å². The first kappa shape index (κ1) is 13.7. The molecule has 0 saturated carbocycles. The Morgan fingerprint density at radius 1 is 1.53 bits per heavy atom. The molecule has 0 bridgehead atoms. The van der Waals surface area contributed by atoms with Crippen molar-refractivity contribution in [2.24, 2.45) is 5.92 Å². The third-order valence-corrected chi connectivity index (χ3v) is 3.42. The molecule has 0 aliphatic rings. The maximum Gasteiger partial charge on any atom is 0.220 e. The van der Waals surface area contributed by atoms with Gasteiger partial charge >= 0.3 is 0 Å². The van der Waals surface area contributed by atoms with Gasteiger partial charge in [0.05, 0.1) is 5.69 Å². The first-order chi connectivity index (χ1) is 9.15. The lowest BCUT2D eigenvalue weighted by Gasteiger charge is -2.05. The van der Waals surface area contributed by atoms with E-state index in [9.17, 15) is 4.79 Å². The van der Waals surface area contributed by atoms with Crippen LogP contribution in [-0.2, 0) is 11.2 Å². The van der Waals surface area contributed by atoms with E-state index in [-0.39, 0.29) is 5.91 Å². The second-order valence-corrected chi connectivity index (χ2v) is 5.61. The molecule has 0 fully saturated rings. The number of aromatic nitrogens is 3. The van der Waals surface area contributed by atoms with Gasteiger partial charge in [0.2, 0.25) is 11.0 Å². The van der Waals surface area contributed by atoms with Gasteiger partial charge in [-0.15, -0.1) is 11.3 Å². The quantitative estimate of drug-likeness (QED) is 0.879. The second-order valence-electron chi connectivity index (χ2n) is 4.77. The van der Waals surface area contributed by atoms with Crippen LogP contribution < -0.4 is 5.32 Å². The van der Waals surface area contributed by atoms with Gasteiger partial charge in [0.15, 0.2) is 0 Å². The van der Waals surface area contributed by atoms with Crippen molar-refractivity contribution in [3.8, 4) is 5.13 Å². The number of thiazole rings is 1. The zero-order valence-electron chi connectivity index (χ0n) is 11.2. The fourth-order valence-electron chi connectivity index (χ4n) is 1.67. The van der Waals surface area contributed by atoms with E-state index < -0.39 is 0 Å². The number of carbonyl (C=O) groups excluding carboxylic acids is 1. The molecule has 6 heteroatoms. The van der Waals surface area contributed by atoms with Gasteiger partial charge in [-0.3, -0.25) is 4.79 Å². The minimum atomic E-state index is 0.109. The summed E-state index contributed by atoms with van der Waals surface area (Å²) in [5, 5.41) is 9.91. The van der Waals surface area contributed by atoms with Crippen LogP contribution in [-0.4, -0.2) is 27.2 Å². The summed E-state index contributed by atoms with van der Waals surface area (Å²) in [5.74, 6) is 0.503. The molecule has 0 aliphatic heterocycles. The Kier molecular flexibility index (Phi) is 4.68. The molecule has 0 atom stereocenters. The molecule has 1 N–H and O–H groups in total. The molecule has 0 saturated heterocycles. The average Bonchev–Trinajstić information content (AvgIpc) is 2.97. The third kappa shape index (κ3) is 4.17. The molecular formula is C13H18N4OS. The summed E-state index contributed by atoms with van der Waals surface area (Å²) in [7, 11) is 0. The summed E-state index contributed by atoms with van der Waals surface area (Å²) in [5.41, 5.74) is 0.986. The van der Waals surface area contributed by atoms with Crippen LogP contribution in [0, 0.1) is 5.92 Å². The third-order valence-electron chi connectivity index (χ3n) is 2.54. The normalized spacial score (nSPS) is 10.9. The Hall–Kier alpha value is -1.69. The van der Waals surface area contributed by atoms with Gasteiger partial charge in [-0.25, -0.2) is 9.67 Å². The van der Waals surface area contributed by atoms with Crippen molar-refractivity contribution in [3.05, 3.63) is 29.5 Å². The summed E-state index contributed by atoms with van der Waals surface area (Å²) in [6, 6.07) is 1.87. The number of nitrogens with zero attached hydrogens (tertiary/aromatic N) is 3. The molecule has 2 rings (SSSR count). The summed E-state index contributed by atoms with van der Waals surface area (Å²) >= 11 is 1.55. The fourth-order valence-corrected chi connectivity index (χ4v) is 2.47. The topological polar surface area (TPSA) is 59.8 Å². The number of rotatable bonds is 6. The highest BCUT2D eigenvalue weighted by atomic mass is 32.1. The molecule has 0 spiro atoms. The molecule has 0 radical (unpaired) electrons. The zero-order chi connectivity index (χ0) is 13.7. The largest absolute Gasteiger partial charge is 0.356 e. The van der Waals surface area contributed by atoms with Crippen LogP contribution in [0.1, 0.15) is 26.0 Å². The molecule has 19 heavy (non-hydrogen) atoms. The lowest BCUT2D eigenvalue weighted by atomic mass is 10.1. The van der Waals surface area contributed by atoms with E-state index in [1.54, 1.807) is 22.2 Å². The molecule has 5 nitrogen and oxygen atoms in total. The Morgan fingerprint density at radius 2 is 2.37 bits per heavy atom. The molecule has 0 aromatic carbocycles. The van der Waals surface area contributed by atoms with Gasteiger partial charge in [0.1, 0.15) is 0 Å². The maximum absolute atomic E-state index is 11.5. The molecule has 1 amide bonds. The van der Waals surface area contributed by atoms with Crippen molar-refractivity contribution >= 4 is 17.2 Å². The number of amides is 1. The highest BCUT2D eigenvalue weighted by molar-refractivity contribution is 7.12. The van der Waals surface area contributed by atoms with E-state index in [4.69, 9.17) is 0 Å². The van der Waals surface area contributed by atoms with Crippen molar-refractivity contribution in [3.63, 3.8) is 0 Å². The van der Waals surface area contributed by atoms with Crippen LogP contribution in [0.5, 0.6) is 0 Å². The predicted molar refractivity (Wildman–Crippen MR) is 75.4 cm³/mol. The van der Waals surface area contributed by atoms with Crippen LogP contribution >= 0.6 is 11.3 Å². The standard InChI is InChI=1S/C13H18N4OS/c1-10(2)8-12(18)14-6-4-11-9-19-13(16-11)17-7-3-5-15-17/h3,5,7,9-10H,4,6,8H2,1-2H3,(H,14,18).